The Kier molecular flexibility index (Phi) is 4.64. The molecular weight excluding hydrogens is 305 g/mol. The van der Waals surface area contributed by atoms with E-state index in [9.17, 15) is 18.0 Å². The SMILES string of the molecule is O=C(NCC1(C23CCCNCCC2C3)CCCCC1)C(F)(F)F. The molecule has 0 radical (unpaired) electrons. The molecule has 132 valence electrons. The van der Waals surface area contributed by atoms with Gasteiger partial charge in [-0.1, -0.05) is 19.3 Å². The third-order valence-corrected chi connectivity index (χ3v) is 6.59. The number of halogens is 3. The molecule has 1 amide bonds. The molecule has 23 heavy (non-hydrogen) atoms. The third-order valence-electron chi connectivity index (χ3n) is 6.59. The molecule has 0 spiro atoms. The van der Waals surface area contributed by atoms with Crippen LogP contribution in [-0.2, 0) is 4.79 Å². The van der Waals surface area contributed by atoms with E-state index < -0.39 is 12.1 Å². The standard InChI is InChI=1S/C17H27F3N2O/c18-17(19,20)14(23)22-12-15(6-2-1-3-7-15)16-8-4-9-21-10-5-13(16)11-16/h13,21H,1-12H2,(H,22,23). The Hall–Kier alpha value is -0.780. The summed E-state index contributed by atoms with van der Waals surface area (Å²) in [5, 5.41) is 5.67. The highest BCUT2D eigenvalue weighted by atomic mass is 19.4. The van der Waals surface area contributed by atoms with Crippen molar-refractivity contribution in [2.24, 2.45) is 16.7 Å². The number of fused-ring (bicyclic) bond motifs is 1. The van der Waals surface area contributed by atoms with Crippen LogP contribution < -0.4 is 10.6 Å². The van der Waals surface area contributed by atoms with Crippen molar-refractivity contribution in [2.75, 3.05) is 19.6 Å². The fourth-order valence-corrected chi connectivity index (χ4v) is 5.34. The maximum absolute atomic E-state index is 12.6. The Morgan fingerprint density at radius 2 is 1.83 bits per heavy atom. The van der Waals surface area contributed by atoms with Crippen molar-refractivity contribution in [1.29, 1.82) is 0 Å². The number of carbonyl (C=O) groups is 1. The van der Waals surface area contributed by atoms with Crippen LogP contribution in [-0.4, -0.2) is 31.7 Å². The molecule has 3 fully saturated rings. The molecule has 3 nitrogen and oxygen atoms in total. The smallest absolute Gasteiger partial charge is 0.348 e. The summed E-state index contributed by atoms with van der Waals surface area (Å²) in [5.41, 5.74) is 0.0581. The largest absolute Gasteiger partial charge is 0.471 e. The average molecular weight is 332 g/mol. The number of amides is 1. The number of nitrogens with one attached hydrogen (secondary N) is 2. The molecule has 0 aromatic heterocycles. The maximum atomic E-state index is 12.6. The maximum Gasteiger partial charge on any atom is 0.471 e. The Bertz CT molecular complexity index is 446. The molecule has 2 atom stereocenters. The topological polar surface area (TPSA) is 41.1 Å². The van der Waals surface area contributed by atoms with Crippen molar-refractivity contribution in [3.8, 4) is 0 Å². The van der Waals surface area contributed by atoms with E-state index in [1.807, 2.05) is 0 Å². The molecule has 1 aliphatic heterocycles. The first-order chi connectivity index (χ1) is 10.9. The minimum absolute atomic E-state index is 0.117. The minimum atomic E-state index is -4.78. The van der Waals surface area contributed by atoms with Gasteiger partial charge in [-0.3, -0.25) is 4.79 Å². The van der Waals surface area contributed by atoms with E-state index in [4.69, 9.17) is 0 Å². The van der Waals surface area contributed by atoms with Gasteiger partial charge in [0.05, 0.1) is 0 Å². The Morgan fingerprint density at radius 3 is 2.52 bits per heavy atom. The van der Waals surface area contributed by atoms with Crippen LogP contribution in [0, 0.1) is 16.7 Å². The summed E-state index contributed by atoms with van der Waals surface area (Å²) in [4.78, 5) is 11.3. The molecule has 2 aliphatic carbocycles. The van der Waals surface area contributed by atoms with Gasteiger partial charge in [0.15, 0.2) is 0 Å². The molecule has 0 aromatic rings. The van der Waals surface area contributed by atoms with E-state index in [-0.39, 0.29) is 17.4 Å². The zero-order chi connectivity index (χ0) is 16.6. The van der Waals surface area contributed by atoms with Gasteiger partial charge in [-0.15, -0.1) is 0 Å². The van der Waals surface area contributed by atoms with Gasteiger partial charge in [-0.05, 0) is 68.4 Å². The van der Waals surface area contributed by atoms with Crippen LogP contribution in [0.5, 0.6) is 0 Å². The predicted octanol–water partition coefficient (Wildman–Crippen LogP) is 3.40. The van der Waals surface area contributed by atoms with Crippen molar-refractivity contribution in [3.05, 3.63) is 0 Å². The second kappa shape index (κ2) is 6.26. The van der Waals surface area contributed by atoms with Crippen LogP contribution >= 0.6 is 0 Å². The minimum Gasteiger partial charge on any atom is -0.348 e. The quantitative estimate of drug-likeness (QED) is 0.832. The molecule has 2 unspecified atom stereocenters. The van der Waals surface area contributed by atoms with Gasteiger partial charge in [0.1, 0.15) is 0 Å². The summed E-state index contributed by atoms with van der Waals surface area (Å²) >= 11 is 0. The summed E-state index contributed by atoms with van der Waals surface area (Å²) in [5.74, 6) is -1.15. The summed E-state index contributed by atoms with van der Waals surface area (Å²) in [6.07, 6.45) is 4.91. The number of alkyl halides is 3. The number of hydrogen-bond acceptors (Lipinski definition) is 2. The van der Waals surface area contributed by atoms with Crippen LogP contribution in [0.15, 0.2) is 0 Å². The normalized spacial score (nSPS) is 34.0. The zero-order valence-electron chi connectivity index (χ0n) is 13.6. The van der Waals surface area contributed by atoms with E-state index in [2.05, 4.69) is 10.6 Å². The van der Waals surface area contributed by atoms with Gasteiger partial charge in [-0.2, -0.15) is 13.2 Å². The van der Waals surface area contributed by atoms with Crippen molar-refractivity contribution in [1.82, 2.24) is 10.6 Å². The van der Waals surface area contributed by atoms with E-state index >= 15 is 0 Å². The van der Waals surface area contributed by atoms with Crippen molar-refractivity contribution >= 4 is 5.91 Å². The first-order valence-electron chi connectivity index (χ1n) is 8.95. The fraction of sp³-hybridized carbons (Fsp3) is 0.941. The molecule has 2 saturated carbocycles. The van der Waals surface area contributed by atoms with Crippen LogP contribution in [0.1, 0.15) is 57.8 Å². The van der Waals surface area contributed by atoms with Crippen molar-refractivity contribution < 1.29 is 18.0 Å². The monoisotopic (exact) mass is 332 g/mol. The first-order valence-corrected chi connectivity index (χ1v) is 8.95. The van der Waals surface area contributed by atoms with Crippen LogP contribution in [0.25, 0.3) is 0 Å². The second-order valence-electron chi connectivity index (χ2n) is 7.72. The molecular formula is C17H27F3N2O. The molecule has 1 heterocycles. The highest BCUT2D eigenvalue weighted by Gasteiger charge is 2.64. The average Bonchev–Trinajstić information content (AvgIpc) is 3.18. The van der Waals surface area contributed by atoms with Crippen LogP contribution in [0.2, 0.25) is 0 Å². The lowest BCUT2D eigenvalue weighted by Gasteiger charge is -2.46. The van der Waals surface area contributed by atoms with E-state index in [1.54, 1.807) is 0 Å². The number of rotatable bonds is 3. The number of hydrogen-bond donors (Lipinski definition) is 2. The molecule has 0 bridgehead atoms. The summed E-state index contributed by atoms with van der Waals surface area (Å²) in [6, 6.07) is 0. The fourth-order valence-electron chi connectivity index (χ4n) is 5.34. The summed E-state index contributed by atoms with van der Waals surface area (Å²) < 4.78 is 37.7. The Labute approximate surface area is 135 Å². The van der Waals surface area contributed by atoms with Gasteiger partial charge in [0.2, 0.25) is 0 Å². The molecule has 2 N–H and O–H groups in total. The molecule has 1 saturated heterocycles. The third kappa shape index (κ3) is 3.24. The summed E-state index contributed by atoms with van der Waals surface area (Å²) in [7, 11) is 0. The van der Waals surface area contributed by atoms with Gasteiger partial charge in [-0.25, -0.2) is 0 Å². The molecule has 0 aromatic carbocycles. The molecule has 6 heteroatoms. The molecule has 3 rings (SSSR count). The predicted molar refractivity (Wildman–Crippen MR) is 81.8 cm³/mol. The lowest BCUT2D eigenvalue weighted by Crippen LogP contribution is -2.49. The van der Waals surface area contributed by atoms with E-state index in [0.717, 1.165) is 70.9 Å². The van der Waals surface area contributed by atoms with Crippen LogP contribution in [0.3, 0.4) is 0 Å². The highest BCUT2D eigenvalue weighted by molar-refractivity contribution is 5.81. The number of carbonyl (C=O) groups excluding carboxylic acids is 1. The van der Waals surface area contributed by atoms with Crippen LogP contribution in [0.4, 0.5) is 13.2 Å². The zero-order valence-corrected chi connectivity index (χ0v) is 13.6. The first kappa shape index (κ1) is 17.1. The summed E-state index contributed by atoms with van der Waals surface area (Å²) in [6.45, 7) is 2.21. The van der Waals surface area contributed by atoms with Crippen molar-refractivity contribution in [2.45, 2.75) is 64.0 Å². The second-order valence-corrected chi connectivity index (χ2v) is 7.72. The molecule has 3 aliphatic rings. The lowest BCUT2D eigenvalue weighted by molar-refractivity contribution is -0.174. The highest BCUT2D eigenvalue weighted by Crippen LogP contribution is 2.71. The Balaban J connectivity index is 1.75. The Morgan fingerprint density at radius 1 is 1.09 bits per heavy atom. The van der Waals surface area contributed by atoms with E-state index in [1.165, 1.54) is 0 Å². The van der Waals surface area contributed by atoms with Gasteiger partial charge in [0, 0.05) is 6.54 Å². The van der Waals surface area contributed by atoms with Gasteiger partial charge in [0.25, 0.3) is 0 Å². The van der Waals surface area contributed by atoms with E-state index in [0.29, 0.717) is 5.92 Å². The van der Waals surface area contributed by atoms with Crippen molar-refractivity contribution in [3.63, 3.8) is 0 Å². The van der Waals surface area contributed by atoms with Gasteiger partial charge >= 0.3 is 12.1 Å². The lowest BCUT2D eigenvalue weighted by atomic mass is 9.60. The van der Waals surface area contributed by atoms with Gasteiger partial charge < -0.3 is 10.6 Å².